The van der Waals surface area contributed by atoms with Gasteiger partial charge in [0, 0.05) is 32.4 Å². The summed E-state index contributed by atoms with van der Waals surface area (Å²) in [5.74, 6) is 0. The fourth-order valence-electron chi connectivity index (χ4n) is 2.36. The summed E-state index contributed by atoms with van der Waals surface area (Å²) in [5, 5.41) is 8.52. The van der Waals surface area contributed by atoms with Crippen molar-refractivity contribution in [3.63, 3.8) is 0 Å². The number of rotatable bonds is 4. The first-order valence-corrected chi connectivity index (χ1v) is 7.46. The number of benzene rings is 1. The van der Waals surface area contributed by atoms with E-state index in [0.29, 0.717) is 17.9 Å². The Morgan fingerprint density at radius 3 is 2.57 bits per heavy atom. The summed E-state index contributed by atoms with van der Waals surface area (Å²) in [7, 11) is 3.72. The summed E-state index contributed by atoms with van der Waals surface area (Å²) >= 11 is 6.28. The Morgan fingerprint density at radius 1 is 1.17 bits per heavy atom. The third kappa shape index (κ3) is 3.12. The van der Waals surface area contributed by atoms with Crippen molar-refractivity contribution in [1.29, 1.82) is 0 Å². The van der Waals surface area contributed by atoms with Gasteiger partial charge in [0.25, 0.3) is 5.56 Å². The van der Waals surface area contributed by atoms with Gasteiger partial charge in [-0.1, -0.05) is 29.8 Å². The van der Waals surface area contributed by atoms with Crippen LogP contribution in [0, 0.1) is 0 Å². The van der Waals surface area contributed by atoms with E-state index < -0.39 is 0 Å². The lowest BCUT2D eigenvalue weighted by Gasteiger charge is -2.19. The first-order chi connectivity index (χ1) is 11.1. The number of nitrogens with zero attached hydrogens (tertiary/aromatic N) is 5. The van der Waals surface area contributed by atoms with Crippen LogP contribution in [0.4, 0.5) is 5.69 Å². The molecule has 0 N–H and O–H groups in total. The van der Waals surface area contributed by atoms with E-state index in [2.05, 4.69) is 10.2 Å². The van der Waals surface area contributed by atoms with Gasteiger partial charge in [-0.2, -0.15) is 14.9 Å². The van der Waals surface area contributed by atoms with Gasteiger partial charge in [0.05, 0.1) is 23.8 Å². The summed E-state index contributed by atoms with van der Waals surface area (Å²) < 4.78 is 3.03. The van der Waals surface area contributed by atoms with Gasteiger partial charge in [-0.05, 0) is 12.1 Å². The molecule has 0 amide bonds. The van der Waals surface area contributed by atoms with Gasteiger partial charge in [0.1, 0.15) is 5.02 Å². The molecule has 0 saturated carbocycles. The smallest absolute Gasteiger partial charge is 0.292 e. The molecule has 0 bridgehead atoms. The van der Waals surface area contributed by atoms with Crippen LogP contribution < -0.4 is 10.5 Å². The zero-order valence-electron chi connectivity index (χ0n) is 12.8. The molecule has 0 atom stereocenters. The first kappa shape index (κ1) is 15.3. The molecule has 0 spiro atoms. The van der Waals surface area contributed by atoms with Gasteiger partial charge in [-0.3, -0.25) is 9.48 Å². The lowest BCUT2D eigenvalue weighted by molar-refractivity contribution is 0.766. The first-order valence-electron chi connectivity index (χ1n) is 7.08. The molecule has 1 aromatic carbocycles. The van der Waals surface area contributed by atoms with Gasteiger partial charge in [-0.25, -0.2) is 0 Å². The summed E-state index contributed by atoms with van der Waals surface area (Å²) in [6, 6.07) is 9.19. The molecular weight excluding hydrogens is 314 g/mol. The van der Waals surface area contributed by atoms with Crippen LogP contribution in [-0.2, 0) is 13.6 Å². The molecule has 0 radical (unpaired) electrons. The maximum Gasteiger partial charge on any atom is 0.292 e. The van der Waals surface area contributed by atoms with E-state index in [0.717, 1.165) is 5.56 Å². The van der Waals surface area contributed by atoms with Crippen LogP contribution in [0.5, 0.6) is 0 Å². The van der Waals surface area contributed by atoms with Crippen LogP contribution in [-0.4, -0.2) is 26.6 Å². The van der Waals surface area contributed by atoms with Crippen molar-refractivity contribution in [2.24, 2.45) is 7.05 Å². The summed E-state index contributed by atoms with van der Waals surface area (Å²) in [4.78, 5) is 14.4. The zero-order chi connectivity index (χ0) is 16.4. The molecule has 3 aromatic rings. The van der Waals surface area contributed by atoms with E-state index in [1.165, 1.54) is 4.68 Å². The molecule has 2 heterocycles. The second-order valence-corrected chi connectivity index (χ2v) is 5.65. The molecule has 118 valence electrons. The SMILES string of the molecule is CN(Cc1cnn(C)c1)c1cnn(-c2ccccc2)c(=O)c1Cl. The van der Waals surface area contributed by atoms with Crippen LogP contribution in [0.2, 0.25) is 5.02 Å². The van der Waals surface area contributed by atoms with Crippen molar-refractivity contribution in [3.8, 4) is 5.69 Å². The summed E-state index contributed by atoms with van der Waals surface area (Å²) in [6.45, 7) is 0.587. The van der Waals surface area contributed by atoms with Crippen molar-refractivity contribution < 1.29 is 0 Å². The Hall–Kier alpha value is -2.60. The van der Waals surface area contributed by atoms with E-state index in [-0.39, 0.29) is 10.6 Å². The zero-order valence-corrected chi connectivity index (χ0v) is 13.6. The summed E-state index contributed by atoms with van der Waals surface area (Å²) in [6.07, 6.45) is 5.30. The fraction of sp³-hybridized carbons (Fsp3) is 0.188. The second kappa shape index (κ2) is 6.26. The molecule has 0 aliphatic rings. The van der Waals surface area contributed by atoms with Crippen molar-refractivity contribution in [2.75, 3.05) is 11.9 Å². The average molecular weight is 330 g/mol. The minimum atomic E-state index is -0.339. The van der Waals surface area contributed by atoms with Crippen molar-refractivity contribution in [2.45, 2.75) is 6.54 Å². The number of hydrogen-bond acceptors (Lipinski definition) is 4. The number of halogens is 1. The quantitative estimate of drug-likeness (QED) is 0.736. The van der Waals surface area contributed by atoms with Gasteiger partial charge >= 0.3 is 0 Å². The van der Waals surface area contributed by atoms with Crippen LogP contribution in [0.15, 0.2) is 53.7 Å². The topological polar surface area (TPSA) is 56.0 Å². The second-order valence-electron chi connectivity index (χ2n) is 5.27. The highest BCUT2D eigenvalue weighted by Gasteiger charge is 2.14. The Labute approximate surface area is 138 Å². The average Bonchev–Trinajstić information content (AvgIpc) is 2.95. The van der Waals surface area contributed by atoms with E-state index >= 15 is 0 Å². The van der Waals surface area contributed by atoms with Crippen LogP contribution in [0.1, 0.15) is 5.56 Å². The molecule has 0 unspecified atom stereocenters. The van der Waals surface area contributed by atoms with Gasteiger partial charge < -0.3 is 4.90 Å². The molecule has 2 aromatic heterocycles. The molecule has 7 heteroatoms. The van der Waals surface area contributed by atoms with E-state index in [9.17, 15) is 4.79 Å². The largest absolute Gasteiger partial charge is 0.367 e. The Kier molecular flexibility index (Phi) is 4.16. The number of hydrogen-bond donors (Lipinski definition) is 0. The molecule has 6 nitrogen and oxygen atoms in total. The van der Waals surface area contributed by atoms with Crippen molar-refractivity contribution in [3.05, 3.63) is 69.9 Å². The molecule has 0 fully saturated rings. The number of aryl methyl sites for hydroxylation is 1. The van der Waals surface area contributed by atoms with Crippen LogP contribution in [0.3, 0.4) is 0 Å². The highest BCUT2D eigenvalue weighted by atomic mass is 35.5. The Bertz CT molecular complexity index is 872. The van der Waals surface area contributed by atoms with Gasteiger partial charge in [0.2, 0.25) is 0 Å². The third-order valence-electron chi connectivity index (χ3n) is 3.49. The third-order valence-corrected chi connectivity index (χ3v) is 3.85. The predicted octanol–water partition coefficient (Wildman–Crippen LogP) is 2.26. The normalized spacial score (nSPS) is 10.7. The van der Waals surface area contributed by atoms with Crippen LogP contribution >= 0.6 is 11.6 Å². The van der Waals surface area contributed by atoms with Crippen molar-refractivity contribution in [1.82, 2.24) is 19.6 Å². The van der Waals surface area contributed by atoms with E-state index in [4.69, 9.17) is 11.6 Å². The van der Waals surface area contributed by atoms with Crippen LogP contribution in [0.25, 0.3) is 5.69 Å². The number of aromatic nitrogens is 4. The Morgan fingerprint density at radius 2 is 1.91 bits per heavy atom. The molecule has 3 rings (SSSR count). The molecule has 0 aliphatic heterocycles. The standard InChI is InChI=1S/C16H16ClN5O/c1-20(10-12-8-18-21(2)11-12)14-9-19-22(16(23)15(14)17)13-6-4-3-5-7-13/h3-9,11H,10H2,1-2H3. The van der Waals surface area contributed by atoms with Crippen molar-refractivity contribution >= 4 is 17.3 Å². The number of para-hydroxylation sites is 1. The predicted molar refractivity (Wildman–Crippen MR) is 90.2 cm³/mol. The lowest BCUT2D eigenvalue weighted by Crippen LogP contribution is -2.26. The molecule has 0 saturated heterocycles. The fourth-order valence-corrected chi connectivity index (χ4v) is 2.63. The van der Waals surface area contributed by atoms with Gasteiger partial charge in [0.15, 0.2) is 0 Å². The highest BCUT2D eigenvalue weighted by molar-refractivity contribution is 6.33. The maximum absolute atomic E-state index is 12.5. The number of anilines is 1. The Balaban J connectivity index is 1.92. The molecular formula is C16H16ClN5O. The maximum atomic E-state index is 12.5. The monoisotopic (exact) mass is 329 g/mol. The van der Waals surface area contributed by atoms with E-state index in [1.807, 2.05) is 55.5 Å². The molecule has 0 aliphatic carbocycles. The summed E-state index contributed by atoms with van der Waals surface area (Å²) in [5.41, 5.74) is 1.96. The minimum Gasteiger partial charge on any atom is -0.367 e. The minimum absolute atomic E-state index is 0.148. The van der Waals surface area contributed by atoms with E-state index in [1.54, 1.807) is 17.1 Å². The highest BCUT2D eigenvalue weighted by Crippen LogP contribution is 2.22. The lowest BCUT2D eigenvalue weighted by atomic mass is 10.3. The van der Waals surface area contributed by atoms with Gasteiger partial charge in [-0.15, -0.1) is 0 Å². The molecule has 23 heavy (non-hydrogen) atoms.